The van der Waals surface area contributed by atoms with Gasteiger partial charge in [0.15, 0.2) is 5.65 Å². The largest absolute Gasteiger partial charge is 0.417 e. The highest BCUT2D eigenvalue weighted by molar-refractivity contribution is 5.42. The molecule has 0 bridgehead atoms. The smallest absolute Gasteiger partial charge is 0.356 e. The monoisotopic (exact) mass is 347 g/mol. The molecule has 4 rings (SSSR count). The van der Waals surface area contributed by atoms with Crippen LogP contribution >= 0.6 is 0 Å². The molecule has 4 heterocycles. The van der Waals surface area contributed by atoms with Crippen LogP contribution in [-0.4, -0.2) is 32.7 Å². The third-order valence-corrected chi connectivity index (χ3v) is 4.53. The zero-order chi connectivity index (χ0) is 17.4. The molecule has 1 aliphatic rings. The van der Waals surface area contributed by atoms with Crippen molar-refractivity contribution < 1.29 is 13.2 Å². The topological polar surface area (TPSA) is 46.3 Å². The number of hydrogen-bond acceptors (Lipinski definition) is 4. The number of fused-ring (bicyclic) bond motifs is 1. The minimum atomic E-state index is -4.36. The van der Waals surface area contributed by atoms with E-state index in [-0.39, 0.29) is 5.92 Å². The van der Waals surface area contributed by atoms with E-state index in [0.29, 0.717) is 12.4 Å². The number of nitrogens with zero attached hydrogens (tertiary/aromatic N) is 5. The second-order valence-corrected chi connectivity index (χ2v) is 6.18. The molecule has 1 aliphatic heterocycles. The molecule has 0 amide bonds. The highest BCUT2D eigenvalue weighted by Crippen LogP contribution is 2.31. The van der Waals surface area contributed by atoms with Crippen LogP contribution in [0.25, 0.3) is 5.65 Å². The van der Waals surface area contributed by atoms with E-state index in [9.17, 15) is 13.2 Å². The van der Waals surface area contributed by atoms with Crippen LogP contribution in [0.4, 0.5) is 19.0 Å². The lowest BCUT2D eigenvalue weighted by Gasteiger charge is -2.32. The predicted molar refractivity (Wildman–Crippen MR) is 86.4 cm³/mol. The third-order valence-electron chi connectivity index (χ3n) is 4.53. The van der Waals surface area contributed by atoms with Crippen LogP contribution in [0.5, 0.6) is 0 Å². The van der Waals surface area contributed by atoms with Crippen LogP contribution in [0.3, 0.4) is 0 Å². The van der Waals surface area contributed by atoms with Gasteiger partial charge in [0, 0.05) is 31.4 Å². The zero-order valence-corrected chi connectivity index (χ0v) is 13.3. The molecule has 0 N–H and O–H groups in total. The Morgan fingerprint density at radius 2 is 1.96 bits per heavy atom. The molecule has 3 aromatic heterocycles. The Bertz CT molecular complexity index is 872. The first-order chi connectivity index (χ1) is 12.0. The lowest BCUT2D eigenvalue weighted by Crippen LogP contribution is -2.35. The van der Waals surface area contributed by atoms with Gasteiger partial charge in [-0.1, -0.05) is 6.07 Å². The van der Waals surface area contributed by atoms with Crippen molar-refractivity contribution in [3.05, 3.63) is 54.1 Å². The molecular formula is C17H16F3N5. The van der Waals surface area contributed by atoms with E-state index in [1.54, 1.807) is 0 Å². The van der Waals surface area contributed by atoms with Gasteiger partial charge in [-0.2, -0.15) is 13.2 Å². The third kappa shape index (κ3) is 3.04. The first-order valence-corrected chi connectivity index (χ1v) is 8.10. The maximum Gasteiger partial charge on any atom is 0.417 e. The van der Waals surface area contributed by atoms with E-state index in [4.69, 9.17) is 0 Å². The summed E-state index contributed by atoms with van der Waals surface area (Å²) in [4.78, 5) is 6.02. The maximum atomic E-state index is 12.7. The number of halogens is 3. The van der Waals surface area contributed by atoms with Crippen LogP contribution in [0.15, 0.2) is 42.7 Å². The number of alkyl halides is 3. The number of rotatable bonds is 2. The Kier molecular flexibility index (Phi) is 3.82. The summed E-state index contributed by atoms with van der Waals surface area (Å²) in [7, 11) is 0. The summed E-state index contributed by atoms with van der Waals surface area (Å²) in [5, 5.41) is 8.49. The standard InChI is InChI=1S/C17H16F3N5/c18-17(19,20)13-6-7-14(21-10-13)24-8-3-4-12(11-24)16-23-22-15-5-1-2-9-25(15)16/h1-2,5-7,9-10,12H,3-4,8,11H2/t12-/m1/s1. The van der Waals surface area contributed by atoms with Crippen molar-refractivity contribution in [1.29, 1.82) is 0 Å². The first-order valence-electron chi connectivity index (χ1n) is 8.10. The van der Waals surface area contributed by atoms with E-state index < -0.39 is 11.7 Å². The fraction of sp³-hybridized carbons (Fsp3) is 0.353. The van der Waals surface area contributed by atoms with Gasteiger partial charge in [0.25, 0.3) is 0 Å². The van der Waals surface area contributed by atoms with Crippen molar-refractivity contribution in [3.63, 3.8) is 0 Å². The molecule has 0 unspecified atom stereocenters. The van der Waals surface area contributed by atoms with Crippen LogP contribution in [-0.2, 0) is 6.18 Å². The van der Waals surface area contributed by atoms with Crippen molar-refractivity contribution in [3.8, 4) is 0 Å². The Balaban J connectivity index is 1.57. The Labute approximate surface area is 142 Å². The van der Waals surface area contributed by atoms with Gasteiger partial charge in [-0.15, -0.1) is 10.2 Å². The molecule has 0 aliphatic carbocycles. The molecule has 25 heavy (non-hydrogen) atoms. The van der Waals surface area contributed by atoms with E-state index in [1.807, 2.05) is 33.7 Å². The second kappa shape index (κ2) is 6.02. The fourth-order valence-corrected chi connectivity index (χ4v) is 3.28. The highest BCUT2D eigenvalue weighted by Gasteiger charge is 2.31. The number of anilines is 1. The quantitative estimate of drug-likeness (QED) is 0.712. The van der Waals surface area contributed by atoms with Gasteiger partial charge >= 0.3 is 6.18 Å². The van der Waals surface area contributed by atoms with Gasteiger partial charge in [0.1, 0.15) is 11.6 Å². The van der Waals surface area contributed by atoms with Gasteiger partial charge in [0.05, 0.1) is 5.56 Å². The molecule has 0 aromatic carbocycles. The van der Waals surface area contributed by atoms with Crippen LogP contribution < -0.4 is 4.90 Å². The molecule has 130 valence electrons. The lowest BCUT2D eigenvalue weighted by atomic mass is 9.97. The molecular weight excluding hydrogens is 331 g/mol. The molecule has 8 heteroatoms. The number of hydrogen-bond donors (Lipinski definition) is 0. The normalized spacial score (nSPS) is 18.7. The minimum absolute atomic E-state index is 0.162. The summed E-state index contributed by atoms with van der Waals surface area (Å²) in [6.07, 6.45) is 0.351. The van der Waals surface area contributed by atoms with Crippen LogP contribution in [0.1, 0.15) is 30.1 Å². The molecule has 3 aromatic rings. The summed E-state index contributed by atoms with van der Waals surface area (Å²) in [5.74, 6) is 1.61. The Morgan fingerprint density at radius 3 is 2.72 bits per heavy atom. The molecule has 1 saturated heterocycles. The van der Waals surface area contributed by atoms with Gasteiger partial charge in [0.2, 0.25) is 0 Å². The summed E-state index contributed by atoms with van der Waals surface area (Å²) in [5.41, 5.74) is 0.0653. The van der Waals surface area contributed by atoms with Crippen molar-refractivity contribution in [2.75, 3.05) is 18.0 Å². The van der Waals surface area contributed by atoms with Gasteiger partial charge < -0.3 is 4.90 Å². The van der Waals surface area contributed by atoms with Crippen molar-refractivity contribution in [1.82, 2.24) is 19.6 Å². The number of pyridine rings is 2. The van der Waals surface area contributed by atoms with E-state index in [0.717, 1.165) is 43.1 Å². The second-order valence-electron chi connectivity index (χ2n) is 6.18. The summed E-state index contributed by atoms with van der Waals surface area (Å²) < 4.78 is 40.0. The summed E-state index contributed by atoms with van der Waals surface area (Å²) in [6.45, 7) is 1.43. The SMILES string of the molecule is FC(F)(F)c1ccc(N2CCC[C@@H](c3nnc4ccccn34)C2)nc1. The number of piperidine rings is 1. The van der Waals surface area contributed by atoms with Gasteiger partial charge in [-0.25, -0.2) is 4.98 Å². The van der Waals surface area contributed by atoms with Crippen LogP contribution in [0.2, 0.25) is 0 Å². The molecule has 1 fully saturated rings. The summed E-state index contributed by atoms with van der Waals surface area (Å²) in [6, 6.07) is 8.25. The van der Waals surface area contributed by atoms with E-state index >= 15 is 0 Å². The minimum Gasteiger partial charge on any atom is -0.356 e. The van der Waals surface area contributed by atoms with E-state index in [2.05, 4.69) is 15.2 Å². The predicted octanol–water partition coefficient (Wildman–Crippen LogP) is 3.53. The molecule has 0 saturated carbocycles. The average Bonchev–Trinajstić information content (AvgIpc) is 3.05. The maximum absolute atomic E-state index is 12.7. The molecule has 0 spiro atoms. The Hall–Kier alpha value is -2.64. The fourth-order valence-electron chi connectivity index (χ4n) is 3.28. The first kappa shape index (κ1) is 15.9. The van der Waals surface area contributed by atoms with Crippen molar-refractivity contribution >= 4 is 11.5 Å². The number of aromatic nitrogens is 4. The highest BCUT2D eigenvalue weighted by atomic mass is 19.4. The van der Waals surface area contributed by atoms with Crippen molar-refractivity contribution in [2.45, 2.75) is 24.9 Å². The molecule has 0 radical (unpaired) electrons. The lowest BCUT2D eigenvalue weighted by molar-refractivity contribution is -0.137. The molecule has 1 atom stereocenters. The van der Waals surface area contributed by atoms with Gasteiger partial charge in [-0.05, 0) is 37.1 Å². The van der Waals surface area contributed by atoms with E-state index in [1.165, 1.54) is 6.07 Å². The zero-order valence-electron chi connectivity index (χ0n) is 13.3. The van der Waals surface area contributed by atoms with Crippen molar-refractivity contribution in [2.24, 2.45) is 0 Å². The van der Waals surface area contributed by atoms with Crippen LogP contribution in [0, 0.1) is 0 Å². The Morgan fingerprint density at radius 1 is 1.08 bits per heavy atom. The molecule has 5 nitrogen and oxygen atoms in total. The van der Waals surface area contributed by atoms with Gasteiger partial charge in [-0.3, -0.25) is 4.40 Å². The summed E-state index contributed by atoms with van der Waals surface area (Å²) >= 11 is 0. The average molecular weight is 347 g/mol.